The maximum absolute atomic E-state index is 14.0. The van der Waals surface area contributed by atoms with Crippen LogP contribution in [-0.2, 0) is 11.3 Å². The van der Waals surface area contributed by atoms with Crippen LogP contribution in [0.4, 0.5) is 29.3 Å². The SMILES string of the molecule is O=C(CN1c2nc(NC[C@H]3OC[C@@H]4CC43)cc(=O)n2CC[C@H]1C(F)(F)F)c1ccc(OCCF)nc1. The molecule has 1 unspecified atom stereocenters. The number of carbonyl (C=O) groups excluding carboxylic acids is 1. The molecule has 2 aliphatic heterocycles. The number of carbonyl (C=O) groups is 1. The molecule has 36 heavy (non-hydrogen) atoms. The lowest BCUT2D eigenvalue weighted by molar-refractivity contribution is -0.152. The van der Waals surface area contributed by atoms with Crippen LogP contribution in [0.2, 0.25) is 0 Å². The standard InChI is InChI=1S/C23H25F4N5O4/c24-4-6-35-20-2-1-13(9-29-20)16(33)11-32-18(23(25,26)27)3-5-31-21(34)8-19(30-22(31)32)28-10-17-15-7-14(15)12-36-17/h1-2,8-9,14-15,17-18,28H,3-7,10-12H2/t14-,15?,17+,18-/m0/s1. The molecule has 9 nitrogen and oxygen atoms in total. The number of rotatable bonds is 9. The second-order valence-electron chi connectivity index (χ2n) is 9.16. The molecule has 1 N–H and O–H groups in total. The van der Waals surface area contributed by atoms with Crippen LogP contribution in [0.3, 0.4) is 0 Å². The summed E-state index contributed by atoms with van der Waals surface area (Å²) in [6.07, 6.45) is -2.82. The number of hydrogen-bond acceptors (Lipinski definition) is 8. The molecule has 0 bridgehead atoms. The number of nitrogens with one attached hydrogen (secondary N) is 1. The van der Waals surface area contributed by atoms with Gasteiger partial charge in [-0.1, -0.05) is 0 Å². The molecule has 2 fully saturated rings. The first kappa shape index (κ1) is 24.5. The minimum Gasteiger partial charge on any atom is -0.475 e. The van der Waals surface area contributed by atoms with Crippen molar-refractivity contribution < 1.29 is 31.8 Å². The van der Waals surface area contributed by atoms with Crippen molar-refractivity contribution in [2.24, 2.45) is 11.8 Å². The molecule has 2 aromatic heterocycles. The lowest BCUT2D eigenvalue weighted by Gasteiger charge is -2.38. The Hall–Kier alpha value is -3.22. The van der Waals surface area contributed by atoms with Crippen molar-refractivity contribution in [2.45, 2.75) is 37.7 Å². The molecule has 4 heterocycles. The van der Waals surface area contributed by atoms with E-state index in [2.05, 4.69) is 15.3 Å². The molecule has 5 rings (SSSR count). The Labute approximate surface area is 203 Å². The lowest BCUT2D eigenvalue weighted by atomic mass is 10.1. The zero-order valence-corrected chi connectivity index (χ0v) is 19.2. The molecule has 0 spiro atoms. The minimum absolute atomic E-state index is 0.0273. The molecule has 4 atom stereocenters. The van der Waals surface area contributed by atoms with Crippen LogP contribution < -0.4 is 20.5 Å². The van der Waals surface area contributed by atoms with Gasteiger partial charge in [0.05, 0.1) is 19.3 Å². The molecule has 13 heteroatoms. The molecule has 1 saturated heterocycles. The molecule has 1 saturated carbocycles. The van der Waals surface area contributed by atoms with E-state index in [-0.39, 0.29) is 42.5 Å². The summed E-state index contributed by atoms with van der Waals surface area (Å²) < 4.78 is 66.0. The fourth-order valence-electron chi connectivity index (χ4n) is 4.81. The van der Waals surface area contributed by atoms with Gasteiger partial charge in [0.1, 0.15) is 25.1 Å². The smallest absolute Gasteiger partial charge is 0.408 e. The van der Waals surface area contributed by atoms with Crippen LogP contribution in [0.1, 0.15) is 23.2 Å². The number of hydrogen-bond donors (Lipinski definition) is 1. The van der Waals surface area contributed by atoms with Gasteiger partial charge in [-0.15, -0.1) is 0 Å². The number of ether oxygens (including phenoxy) is 2. The molecule has 0 aromatic carbocycles. The van der Waals surface area contributed by atoms with Gasteiger partial charge >= 0.3 is 6.18 Å². The highest BCUT2D eigenvalue weighted by atomic mass is 19.4. The van der Waals surface area contributed by atoms with E-state index >= 15 is 0 Å². The maximum atomic E-state index is 14.0. The number of ketones is 1. The summed E-state index contributed by atoms with van der Waals surface area (Å²) >= 11 is 0. The minimum atomic E-state index is -4.65. The molecular formula is C23H25F4N5O4. The number of pyridine rings is 1. The van der Waals surface area contributed by atoms with Gasteiger partial charge in [-0.2, -0.15) is 18.2 Å². The average molecular weight is 511 g/mol. The first-order valence-electron chi connectivity index (χ1n) is 11.7. The number of fused-ring (bicyclic) bond motifs is 2. The highest BCUT2D eigenvalue weighted by Gasteiger charge is 2.49. The van der Waals surface area contributed by atoms with Gasteiger partial charge in [0, 0.05) is 37.0 Å². The summed E-state index contributed by atoms with van der Waals surface area (Å²) in [5.41, 5.74) is -0.456. The third kappa shape index (κ3) is 5.01. The van der Waals surface area contributed by atoms with Gasteiger partial charge < -0.3 is 19.7 Å². The Morgan fingerprint density at radius 2 is 2.14 bits per heavy atom. The third-order valence-electron chi connectivity index (χ3n) is 6.79. The van der Waals surface area contributed by atoms with Crippen LogP contribution in [0.25, 0.3) is 0 Å². The fraction of sp³-hybridized carbons (Fsp3) is 0.565. The summed E-state index contributed by atoms with van der Waals surface area (Å²) in [5.74, 6) is 0.381. The van der Waals surface area contributed by atoms with Crippen LogP contribution in [-0.4, -0.2) is 71.6 Å². The van der Waals surface area contributed by atoms with E-state index in [9.17, 15) is 27.2 Å². The van der Waals surface area contributed by atoms with E-state index in [0.717, 1.165) is 22.1 Å². The Balaban J connectivity index is 1.38. The second kappa shape index (κ2) is 9.68. The lowest BCUT2D eigenvalue weighted by Crippen LogP contribution is -2.54. The summed E-state index contributed by atoms with van der Waals surface area (Å²) in [5, 5.41) is 3.02. The Morgan fingerprint density at radius 3 is 2.78 bits per heavy atom. The molecular weight excluding hydrogens is 486 g/mol. The summed E-state index contributed by atoms with van der Waals surface area (Å²) in [6, 6.07) is 1.95. The second-order valence-corrected chi connectivity index (χ2v) is 9.16. The number of Topliss-reactive ketones (excluding diaryl/α,β-unsaturated/α-hetero) is 1. The van der Waals surface area contributed by atoms with Crippen molar-refractivity contribution in [3.63, 3.8) is 0 Å². The Bertz CT molecular complexity index is 1170. The summed E-state index contributed by atoms with van der Waals surface area (Å²) in [4.78, 5) is 34.7. The third-order valence-corrected chi connectivity index (χ3v) is 6.79. The topological polar surface area (TPSA) is 98.6 Å². The number of alkyl halides is 4. The largest absolute Gasteiger partial charge is 0.475 e. The van der Waals surface area contributed by atoms with Gasteiger partial charge in [-0.05, 0) is 30.7 Å². The zero-order chi connectivity index (χ0) is 25.4. The van der Waals surface area contributed by atoms with Gasteiger partial charge in [-0.3, -0.25) is 14.2 Å². The number of nitrogens with zero attached hydrogens (tertiary/aromatic N) is 4. The van der Waals surface area contributed by atoms with E-state index in [1.165, 1.54) is 18.2 Å². The Morgan fingerprint density at radius 1 is 1.31 bits per heavy atom. The monoisotopic (exact) mass is 511 g/mol. The number of halogens is 4. The number of anilines is 2. The van der Waals surface area contributed by atoms with Crippen LogP contribution in [0, 0.1) is 11.8 Å². The van der Waals surface area contributed by atoms with Crippen LogP contribution in [0.15, 0.2) is 29.2 Å². The van der Waals surface area contributed by atoms with Gasteiger partial charge in [-0.25, -0.2) is 9.37 Å². The first-order chi connectivity index (χ1) is 17.2. The van der Waals surface area contributed by atoms with Crippen LogP contribution >= 0.6 is 0 Å². The van der Waals surface area contributed by atoms with E-state index in [4.69, 9.17) is 9.47 Å². The van der Waals surface area contributed by atoms with Crippen molar-refractivity contribution in [2.75, 3.05) is 43.2 Å². The molecule has 2 aromatic rings. The quantitative estimate of drug-likeness (QED) is 0.405. The van der Waals surface area contributed by atoms with E-state index in [0.29, 0.717) is 25.0 Å². The first-order valence-corrected chi connectivity index (χ1v) is 11.7. The van der Waals surface area contributed by atoms with E-state index in [1.807, 2.05) is 0 Å². The highest BCUT2D eigenvalue weighted by Crippen LogP contribution is 2.48. The molecule has 194 valence electrons. The Kier molecular flexibility index (Phi) is 6.58. The molecule has 0 amide bonds. The average Bonchev–Trinajstić information content (AvgIpc) is 3.52. The van der Waals surface area contributed by atoms with Crippen molar-refractivity contribution in [3.05, 3.63) is 40.3 Å². The van der Waals surface area contributed by atoms with Gasteiger partial charge in [0.2, 0.25) is 11.8 Å². The zero-order valence-electron chi connectivity index (χ0n) is 19.2. The predicted molar refractivity (Wildman–Crippen MR) is 120 cm³/mol. The predicted octanol–water partition coefficient (Wildman–Crippen LogP) is 2.46. The molecule has 3 aliphatic rings. The van der Waals surface area contributed by atoms with Crippen molar-refractivity contribution >= 4 is 17.5 Å². The van der Waals surface area contributed by atoms with Crippen LogP contribution in [0.5, 0.6) is 5.88 Å². The maximum Gasteiger partial charge on any atom is 0.408 e. The number of aromatic nitrogens is 3. The van der Waals surface area contributed by atoms with Crippen molar-refractivity contribution in [3.8, 4) is 5.88 Å². The van der Waals surface area contributed by atoms with Crippen molar-refractivity contribution in [1.82, 2.24) is 14.5 Å². The van der Waals surface area contributed by atoms with E-state index < -0.39 is 43.2 Å². The summed E-state index contributed by atoms with van der Waals surface area (Å²) in [7, 11) is 0. The highest BCUT2D eigenvalue weighted by molar-refractivity contribution is 5.99. The fourth-order valence-corrected chi connectivity index (χ4v) is 4.81. The molecule has 1 aliphatic carbocycles. The van der Waals surface area contributed by atoms with Gasteiger partial charge in [0.15, 0.2) is 5.78 Å². The summed E-state index contributed by atoms with van der Waals surface area (Å²) in [6.45, 7) is -0.675. The van der Waals surface area contributed by atoms with E-state index in [1.54, 1.807) is 0 Å². The van der Waals surface area contributed by atoms with Gasteiger partial charge in [0.25, 0.3) is 5.56 Å². The normalized spacial score (nSPS) is 24.7. The molecule has 0 radical (unpaired) electrons. The van der Waals surface area contributed by atoms with Crippen molar-refractivity contribution in [1.29, 1.82) is 0 Å².